The average Bonchev–Trinajstić information content (AvgIpc) is 2.35. The summed E-state index contributed by atoms with van der Waals surface area (Å²) in [4.78, 5) is 11.7. The molecule has 22 heavy (non-hydrogen) atoms. The van der Waals surface area contributed by atoms with Crippen molar-refractivity contribution >= 4 is 11.8 Å². The van der Waals surface area contributed by atoms with E-state index in [4.69, 9.17) is 4.74 Å². The zero-order chi connectivity index (χ0) is 16.3. The van der Waals surface area contributed by atoms with Gasteiger partial charge in [-0.2, -0.15) is 0 Å². The lowest BCUT2D eigenvalue weighted by Crippen LogP contribution is -2.41. The van der Waals surface area contributed by atoms with Gasteiger partial charge in [-0.1, -0.05) is 19.1 Å². The van der Waals surface area contributed by atoms with Crippen molar-refractivity contribution in [3.8, 4) is 0 Å². The van der Waals surface area contributed by atoms with Gasteiger partial charge in [0, 0.05) is 17.8 Å². The standard InChI is InChI=1S/C18H28N2O2/c1-12-10-16(11-12)19-13(2)14-6-8-15(9-7-14)20-17(21)22-18(3,4)5/h6-9,12-13,16,19H,10-11H2,1-5H3,(H,20,21). The van der Waals surface area contributed by atoms with Gasteiger partial charge < -0.3 is 10.1 Å². The molecule has 1 saturated carbocycles. The van der Waals surface area contributed by atoms with Crippen molar-refractivity contribution in [2.24, 2.45) is 5.92 Å². The number of nitrogens with one attached hydrogen (secondary N) is 2. The van der Waals surface area contributed by atoms with Crippen LogP contribution in [0.25, 0.3) is 0 Å². The van der Waals surface area contributed by atoms with Crippen LogP contribution in [0.2, 0.25) is 0 Å². The Bertz CT molecular complexity index is 499. The van der Waals surface area contributed by atoms with Crippen LogP contribution in [-0.2, 0) is 4.74 Å². The molecule has 1 atom stereocenters. The third-order valence-electron chi connectivity index (χ3n) is 3.92. The first-order chi connectivity index (χ1) is 10.2. The quantitative estimate of drug-likeness (QED) is 0.862. The molecule has 122 valence electrons. The lowest BCUT2D eigenvalue weighted by Gasteiger charge is -2.35. The molecule has 0 radical (unpaired) electrons. The zero-order valence-electron chi connectivity index (χ0n) is 14.3. The molecular weight excluding hydrogens is 276 g/mol. The fourth-order valence-corrected chi connectivity index (χ4v) is 2.76. The van der Waals surface area contributed by atoms with Gasteiger partial charge in [0.1, 0.15) is 5.60 Å². The number of carbonyl (C=O) groups excluding carboxylic acids is 1. The second-order valence-electron chi connectivity index (χ2n) is 7.41. The largest absolute Gasteiger partial charge is 0.444 e. The Kier molecular flexibility index (Phi) is 5.12. The van der Waals surface area contributed by atoms with Gasteiger partial charge in [0.2, 0.25) is 0 Å². The molecule has 2 rings (SSSR count). The maximum atomic E-state index is 11.7. The van der Waals surface area contributed by atoms with E-state index in [2.05, 4.69) is 24.5 Å². The maximum Gasteiger partial charge on any atom is 0.412 e. The van der Waals surface area contributed by atoms with E-state index in [0.29, 0.717) is 12.1 Å². The van der Waals surface area contributed by atoms with Crippen LogP contribution in [0.3, 0.4) is 0 Å². The average molecular weight is 304 g/mol. The van der Waals surface area contributed by atoms with Crippen LogP contribution in [0.5, 0.6) is 0 Å². The third kappa shape index (κ3) is 5.02. The van der Waals surface area contributed by atoms with Gasteiger partial charge in [-0.05, 0) is 64.2 Å². The molecule has 1 fully saturated rings. The lowest BCUT2D eigenvalue weighted by atomic mass is 9.81. The highest BCUT2D eigenvalue weighted by Gasteiger charge is 2.26. The van der Waals surface area contributed by atoms with E-state index in [1.54, 1.807) is 0 Å². The highest BCUT2D eigenvalue weighted by Crippen LogP contribution is 2.29. The molecule has 0 spiro atoms. The minimum absolute atomic E-state index is 0.327. The second kappa shape index (κ2) is 6.69. The van der Waals surface area contributed by atoms with E-state index in [-0.39, 0.29) is 0 Å². The van der Waals surface area contributed by atoms with Crippen molar-refractivity contribution in [2.45, 2.75) is 65.1 Å². The van der Waals surface area contributed by atoms with Crippen LogP contribution >= 0.6 is 0 Å². The summed E-state index contributed by atoms with van der Waals surface area (Å²) in [6.45, 7) is 10.0. The molecule has 0 saturated heterocycles. The normalized spacial score (nSPS) is 22.6. The molecule has 0 bridgehead atoms. The van der Waals surface area contributed by atoms with Crippen LogP contribution in [-0.4, -0.2) is 17.7 Å². The van der Waals surface area contributed by atoms with Gasteiger partial charge in [-0.3, -0.25) is 5.32 Å². The van der Waals surface area contributed by atoms with Crippen molar-refractivity contribution in [3.63, 3.8) is 0 Å². The fourth-order valence-electron chi connectivity index (χ4n) is 2.76. The Balaban J connectivity index is 1.85. The predicted molar refractivity (Wildman–Crippen MR) is 90.0 cm³/mol. The molecule has 1 aromatic carbocycles. The third-order valence-corrected chi connectivity index (χ3v) is 3.92. The van der Waals surface area contributed by atoms with Crippen molar-refractivity contribution in [1.29, 1.82) is 0 Å². The van der Waals surface area contributed by atoms with Crippen LogP contribution in [0.15, 0.2) is 24.3 Å². The molecule has 2 N–H and O–H groups in total. The number of hydrogen-bond acceptors (Lipinski definition) is 3. The smallest absolute Gasteiger partial charge is 0.412 e. The number of anilines is 1. The molecule has 4 nitrogen and oxygen atoms in total. The Labute approximate surface area is 133 Å². The monoisotopic (exact) mass is 304 g/mol. The van der Waals surface area contributed by atoms with Gasteiger partial charge in [0.15, 0.2) is 0 Å². The summed E-state index contributed by atoms with van der Waals surface area (Å²) in [5.74, 6) is 0.852. The number of hydrogen-bond donors (Lipinski definition) is 2. The van der Waals surface area contributed by atoms with Crippen LogP contribution in [0, 0.1) is 5.92 Å². The highest BCUT2D eigenvalue weighted by molar-refractivity contribution is 5.84. The summed E-state index contributed by atoms with van der Waals surface area (Å²) < 4.78 is 5.24. The summed E-state index contributed by atoms with van der Waals surface area (Å²) in [6.07, 6.45) is 2.11. The summed E-state index contributed by atoms with van der Waals surface area (Å²) in [5.41, 5.74) is 1.50. The SMILES string of the molecule is CC1CC(NC(C)c2ccc(NC(=O)OC(C)(C)C)cc2)C1. The molecule has 1 aliphatic rings. The Morgan fingerprint density at radius 1 is 1.23 bits per heavy atom. The minimum atomic E-state index is -0.484. The first kappa shape index (κ1) is 16.8. The molecule has 1 amide bonds. The Hall–Kier alpha value is -1.55. The van der Waals surface area contributed by atoms with E-state index >= 15 is 0 Å². The zero-order valence-corrected chi connectivity index (χ0v) is 14.3. The van der Waals surface area contributed by atoms with Gasteiger partial charge in [0.05, 0.1) is 0 Å². The summed E-state index contributed by atoms with van der Waals surface area (Å²) in [5, 5.41) is 6.39. The topological polar surface area (TPSA) is 50.4 Å². The number of benzene rings is 1. The molecule has 1 aliphatic carbocycles. The maximum absolute atomic E-state index is 11.7. The van der Waals surface area contributed by atoms with Crippen molar-refractivity contribution in [1.82, 2.24) is 5.32 Å². The molecule has 1 aromatic rings. The number of carbonyl (C=O) groups is 1. The van der Waals surface area contributed by atoms with Gasteiger partial charge in [0.25, 0.3) is 0 Å². The van der Waals surface area contributed by atoms with Gasteiger partial charge in [-0.25, -0.2) is 4.79 Å². The lowest BCUT2D eigenvalue weighted by molar-refractivity contribution is 0.0636. The molecule has 0 heterocycles. The molecule has 0 aromatic heterocycles. The molecule has 1 unspecified atom stereocenters. The number of ether oxygens (including phenoxy) is 1. The van der Waals surface area contributed by atoms with Crippen LogP contribution in [0.1, 0.15) is 59.1 Å². The number of amides is 1. The molecular formula is C18H28N2O2. The molecule has 0 aliphatic heterocycles. The van der Waals surface area contributed by atoms with Gasteiger partial charge in [-0.15, -0.1) is 0 Å². The summed E-state index contributed by atoms with van der Waals surface area (Å²) >= 11 is 0. The summed E-state index contributed by atoms with van der Waals surface area (Å²) in [6, 6.07) is 8.90. The van der Waals surface area contributed by atoms with E-state index in [1.807, 2.05) is 45.0 Å². The van der Waals surface area contributed by atoms with E-state index in [9.17, 15) is 4.79 Å². The van der Waals surface area contributed by atoms with E-state index < -0.39 is 11.7 Å². The van der Waals surface area contributed by atoms with Crippen LogP contribution < -0.4 is 10.6 Å². The van der Waals surface area contributed by atoms with E-state index in [1.165, 1.54) is 18.4 Å². The van der Waals surface area contributed by atoms with Crippen LogP contribution in [0.4, 0.5) is 10.5 Å². The number of rotatable bonds is 4. The first-order valence-corrected chi connectivity index (χ1v) is 8.09. The fraction of sp³-hybridized carbons (Fsp3) is 0.611. The minimum Gasteiger partial charge on any atom is -0.444 e. The van der Waals surface area contributed by atoms with Gasteiger partial charge >= 0.3 is 6.09 Å². The first-order valence-electron chi connectivity index (χ1n) is 8.09. The second-order valence-corrected chi connectivity index (χ2v) is 7.41. The van der Waals surface area contributed by atoms with E-state index in [0.717, 1.165) is 11.6 Å². The Morgan fingerprint density at radius 3 is 2.32 bits per heavy atom. The highest BCUT2D eigenvalue weighted by atomic mass is 16.6. The Morgan fingerprint density at radius 2 is 1.82 bits per heavy atom. The van der Waals surface area contributed by atoms with Crippen molar-refractivity contribution in [3.05, 3.63) is 29.8 Å². The van der Waals surface area contributed by atoms with Crippen molar-refractivity contribution in [2.75, 3.05) is 5.32 Å². The summed E-state index contributed by atoms with van der Waals surface area (Å²) in [7, 11) is 0. The van der Waals surface area contributed by atoms with Crippen molar-refractivity contribution < 1.29 is 9.53 Å². The molecule has 4 heteroatoms. The predicted octanol–water partition coefficient (Wildman–Crippen LogP) is 4.48.